The van der Waals surface area contributed by atoms with Gasteiger partial charge in [-0.3, -0.25) is 0 Å². The van der Waals surface area contributed by atoms with Gasteiger partial charge in [-0.1, -0.05) is 56.3 Å². The van der Waals surface area contributed by atoms with Gasteiger partial charge in [0.1, 0.15) is 0 Å². The molecule has 0 aliphatic carbocycles. The third kappa shape index (κ3) is 5.26. The Morgan fingerprint density at radius 1 is 0.720 bits per heavy atom. The van der Waals surface area contributed by atoms with Crippen LogP contribution in [0.1, 0.15) is 37.8 Å². The zero-order chi connectivity index (χ0) is 18.1. The Morgan fingerprint density at radius 3 is 1.64 bits per heavy atom. The number of benzene rings is 2. The highest BCUT2D eigenvalue weighted by Crippen LogP contribution is 2.32. The average Bonchev–Trinajstić information content (AvgIpc) is 2.67. The first-order chi connectivity index (χ1) is 12.2. The van der Waals surface area contributed by atoms with Crippen molar-refractivity contribution in [3.8, 4) is 0 Å². The third-order valence-electron chi connectivity index (χ3n) is 4.48. The highest BCUT2D eigenvalue weighted by atomic mass is 35.5. The van der Waals surface area contributed by atoms with E-state index in [0.29, 0.717) is 11.8 Å². The number of anilines is 1. The van der Waals surface area contributed by atoms with Crippen LogP contribution in [0, 0.1) is 0 Å². The Bertz CT molecular complexity index is 656. The van der Waals surface area contributed by atoms with Crippen LogP contribution >= 0.6 is 23.2 Å². The summed E-state index contributed by atoms with van der Waals surface area (Å²) in [6.45, 7) is 6.09. The smallest absolute Gasteiger partial charge is 0.0399 e. The molecule has 0 bridgehead atoms. The molecule has 0 aliphatic heterocycles. The minimum Gasteiger partial charge on any atom is -0.369 e. The van der Waals surface area contributed by atoms with Gasteiger partial charge >= 0.3 is 0 Å². The molecule has 0 aliphatic rings. The minimum atomic E-state index is 0.604. The number of alkyl halides is 2. The van der Waals surface area contributed by atoms with Crippen LogP contribution in [0.25, 0.3) is 11.1 Å². The molecular formula is C22H27Cl2N. The molecule has 0 saturated carbocycles. The SMILES string of the molecule is CC/C(=C(\CC)c1ccc(N(CCCl)CCCl)cc1)c1ccccc1. The van der Waals surface area contributed by atoms with Crippen molar-refractivity contribution < 1.29 is 0 Å². The predicted octanol–water partition coefficient (Wildman–Crippen LogP) is 6.70. The lowest BCUT2D eigenvalue weighted by atomic mass is 9.91. The molecule has 2 rings (SSSR count). The third-order valence-corrected chi connectivity index (χ3v) is 4.82. The number of rotatable bonds is 9. The van der Waals surface area contributed by atoms with Crippen molar-refractivity contribution in [2.45, 2.75) is 26.7 Å². The molecule has 0 saturated heterocycles. The monoisotopic (exact) mass is 375 g/mol. The summed E-state index contributed by atoms with van der Waals surface area (Å²) in [5.74, 6) is 1.21. The van der Waals surface area contributed by atoms with E-state index in [9.17, 15) is 0 Å². The fourth-order valence-electron chi connectivity index (χ4n) is 3.27. The Labute approximate surface area is 162 Å². The standard InChI is InChI=1S/C22H27Cl2N/c1-3-21(18-8-6-5-7-9-18)22(4-2)19-10-12-20(13-11-19)25(16-14-23)17-15-24/h5-13H,3-4,14-17H2,1-2H3/b22-21-. The molecule has 2 aromatic carbocycles. The summed E-state index contributed by atoms with van der Waals surface area (Å²) in [6, 6.07) is 19.5. The van der Waals surface area contributed by atoms with Crippen molar-refractivity contribution in [2.24, 2.45) is 0 Å². The first kappa shape index (κ1) is 19.9. The quantitative estimate of drug-likeness (QED) is 0.348. The lowest BCUT2D eigenvalue weighted by molar-refractivity contribution is 0.874. The second-order valence-electron chi connectivity index (χ2n) is 5.94. The van der Waals surface area contributed by atoms with Gasteiger partial charge in [-0.15, -0.1) is 23.2 Å². The van der Waals surface area contributed by atoms with Crippen LogP contribution in [0.3, 0.4) is 0 Å². The summed E-state index contributed by atoms with van der Waals surface area (Å²) < 4.78 is 0. The minimum absolute atomic E-state index is 0.604. The van der Waals surface area contributed by atoms with Crippen molar-refractivity contribution in [2.75, 3.05) is 29.7 Å². The summed E-state index contributed by atoms with van der Waals surface area (Å²) in [5.41, 5.74) is 6.63. The molecular weight excluding hydrogens is 349 g/mol. The van der Waals surface area contributed by atoms with Crippen LogP contribution < -0.4 is 4.90 Å². The van der Waals surface area contributed by atoms with Gasteiger partial charge in [-0.25, -0.2) is 0 Å². The summed E-state index contributed by atoms with van der Waals surface area (Å²) in [7, 11) is 0. The molecule has 0 N–H and O–H groups in total. The molecule has 0 atom stereocenters. The molecule has 0 fully saturated rings. The molecule has 0 spiro atoms. The molecule has 0 heterocycles. The van der Waals surface area contributed by atoms with Gasteiger partial charge in [-0.05, 0) is 47.2 Å². The lowest BCUT2D eigenvalue weighted by Crippen LogP contribution is -2.27. The molecule has 25 heavy (non-hydrogen) atoms. The van der Waals surface area contributed by atoms with E-state index >= 15 is 0 Å². The van der Waals surface area contributed by atoms with E-state index in [0.717, 1.165) is 25.9 Å². The van der Waals surface area contributed by atoms with Crippen molar-refractivity contribution >= 4 is 40.0 Å². The van der Waals surface area contributed by atoms with Crippen molar-refractivity contribution in [1.82, 2.24) is 0 Å². The van der Waals surface area contributed by atoms with E-state index < -0.39 is 0 Å². The van der Waals surface area contributed by atoms with Crippen molar-refractivity contribution in [3.05, 3.63) is 65.7 Å². The molecule has 134 valence electrons. The van der Waals surface area contributed by atoms with Gasteiger partial charge in [-0.2, -0.15) is 0 Å². The number of hydrogen-bond acceptors (Lipinski definition) is 1. The molecule has 0 amide bonds. The summed E-state index contributed by atoms with van der Waals surface area (Å²) in [5, 5.41) is 0. The van der Waals surface area contributed by atoms with Crippen LogP contribution in [-0.4, -0.2) is 24.8 Å². The Kier molecular flexibility index (Phi) is 8.37. The van der Waals surface area contributed by atoms with E-state index in [4.69, 9.17) is 23.2 Å². The van der Waals surface area contributed by atoms with Gasteiger partial charge in [0.25, 0.3) is 0 Å². The zero-order valence-electron chi connectivity index (χ0n) is 15.1. The molecule has 1 nitrogen and oxygen atoms in total. The summed E-state index contributed by atoms with van der Waals surface area (Å²) in [4.78, 5) is 2.23. The maximum atomic E-state index is 5.92. The predicted molar refractivity (Wildman–Crippen MR) is 114 cm³/mol. The Balaban J connectivity index is 2.36. The van der Waals surface area contributed by atoms with Gasteiger partial charge in [0, 0.05) is 30.5 Å². The average molecular weight is 376 g/mol. The number of halogens is 2. The van der Waals surface area contributed by atoms with Gasteiger partial charge in [0.05, 0.1) is 0 Å². The van der Waals surface area contributed by atoms with Crippen LogP contribution in [0.2, 0.25) is 0 Å². The highest BCUT2D eigenvalue weighted by molar-refractivity contribution is 6.18. The number of hydrogen-bond donors (Lipinski definition) is 0. The van der Waals surface area contributed by atoms with E-state index in [1.807, 2.05) is 0 Å². The van der Waals surface area contributed by atoms with Crippen molar-refractivity contribution in [3.63, 3.8) is 0 Å². The first-order valence-electron chi connectivity index (χ1n) is 8.99. The summed E-state index contributed by atoms with van der Waals surface area (Å²) in [6.07, 6.45) is 2.05. The normalized spacial score (nSPS) is 12.0. The van der Waals surface area contributed by atoms with E-state index in [2.05, 4.69) is 73.3 Å². The second kappa shape index (κ2) is 10.5. The van der Waals surface area contributed by atoms with Crippen LogP contribution in [-0.2, 0) is 0 Å². The van der Waals surface area contributed by atoms with E-state index in [-0.39, 0.29) is 0 Å². The fourth-order valence-corrected chi connectivity index (χ4v) is 3.68. The number of nitrogens with zero attached hydrogens (tertiary/aromatic N) is 1. The maximum Gasteiger partial charge on any atom is 0.0399 e. The summed E-state index contributed by atoms with van der Waals surface area (Å²) >= 11 is 11.8. The van der Waals surface area contributed by atoms with E-state index in [1.165, 1.54) is 28.0 Å². The molecule has 3 heteroatoms. The van der Waals surface area contributed by atoms with Crippen LogP contribution in [0.4, 0.5) is 5.69 Å². The lowest BCUT2D eigenvalue weighted by Gasteiger charge is -2.23. The van der Waals surface area contributed by atoms with E-state index in [1.54, 1.807) is 0 Å². The zero-order valence-corrected chi connectivity index (χ0v) is 16.7. The van der Waals surface area contributed by atoms with Gasteiger partial charge in [0.15, 0.2) is 0 Å². The Hall–Kier alpha value is -1.44. The molecule has 0 radical (unpaired) electrons. The largest absolute Gasteiger partial charge is 0.369 e. The van der Waals surface area contributed by atoms with Gasteiger partial charge in [0.2, 0.25) is 0 Å². The van der Waals surface area contributed by atoms with Crippen molar-refractivity contribution in [1.29, 1.82) is 0 Å². The second-order valence-corrected chi connectivity index (χ2v) is 6.70. The highest BCUT2D eigenvalue weighted by Gasteiger charge is 2.10. The maximum absolute atomic E-state index is 5.92. The van der Waals surface area contributed by atoms with Gasteiger partial charge < -0.3 is 4.90 Å². The van der Waals surface area contributed by atoms with Crippen LogP contribution in [0.5, 0.6) is 0 Å². The Morgan fingerprint density at radius 2 is 1.20 bits per heavy atom. The fraction of sp³-hybridized carbons (Fsp3) is 0.364. The number of allylic oxidation sites excluding steroid dienone is 2. The van der Waals surface area contributed by atoms with Crippen LogP contribution in [0.15, 0.2) is 54.6 Å². The topological polar surface area (TPSA) is 3.24 Å². The molecule has 0 aromatic heterocycles. The molecule has 2 aromatic rings. The molecule has 0 unspecified atom stereocenters. The first-order valence-corrected chi connectivity index (χ1v) is 10.1.